The Morgan fingerprint density at radius 2 is 2.00 bits per heavy atom. The minimum atomic E-state index is 0.226. The van der Waals surface area contributed by atoms with E-state index in [0.717, 1.165) is 32.5 Å². The number of aryl methyl sites for hydroxylation is 1. The number of nitrogens with one attached hydrogen (secondary N) is 1. The summed E-state index contributed by atoms with van der Waals surface area (Å²) < 4.78 is 0. The second-order valence-electron chi connectivity index (χ2n) is 4.51. The zero-order valence-electron chi connectivity index (χ0n) is 11.5. The lowest BCUT2D eigenvalue weighted by Crippen LogP contribution is -2.30. The molecule has 0 heterocycles. The van der Waals surface area contributed by atoms with E-state index >= 15 is 0 Å². The summed E-state index contributed by atoms with van der Waals surface area (Å²) in [5, 5.41) is 3.17. The van der Waals surface area contributed by atoms with Crippen molar-refractivity contribution in [2.75, 3.05) is 26.7 Å². The lowest BCUT2D eigenvalue weighted by molar-refractivity contribution is -0.129. The zero-order chi connectivity index (χ0) is 13.2. The molecule has 0 aliphatic rings. The Labute approximate surface area is 110 Å². The van der Waals surface area contributed by atoms with Crippen molar-refractivity contribution in [3.8, 4) is 0 Å². The van der Waals surface area contributed by atoms with Crippen LogP contribution in [0.15, 0.2) is 30.3 Å². The molecule has 1 rings (SSSR count). The van der Waals surface area contributed by atoms with Crippen LogP contribution in [-0.2, 0) is 11.2 Å². The Hall–Kier alpha value is -1.35. The van der Waals surface area contributed by atoms with Gasteiger partial charge in [-0.2, -0.15) is 0 Å². The topological polar surface area (TPSA) is 32.3 Å². The molecule has 0 aliphatic heterocycles. The molecule has 0 radical (unpaired) electrons. The van der Waals surface area contributed by atoms with Gasteiger partial charge in [-0.1, -0.05) is 37.3 Å². The molecule has 18 heavy (non-hydrogen) atoms. The Morgan fingerprint density at radius 1 is 1.28 bits per heavy atom. The fraction of sp³-hybridized carbons (Fsp3) is 0.533. The standard InChI is InChI=1S/C15H24N2O/c1-3-16-12-11-15(18)17(2)13-7-10-14-8-5-4-6-9-14/h4-6,8-9,16H,3,7,10-13H2,1-2H3. The Morgan fingerprint density at radius 3 is 2.67 bits per heavy atom. The van der Waals surface area contributed by atoms with Crippen LogP contribution >= 0.6 is 0 Å². The van der Waals surface area contributed by atoms with Gasteiger partial charge in [-0.3, -0.25) is 4.79 Å². The highest BCUT2D eigenvalue weighted by Crippen LogP contribution is 2.03. The molecule has 0 saturated heterocycles. The van der Waals surface area contributed by atoms with Crippen molar-refractivity contribution in [1.29, 1.82) is 0 Å². The van der Waals surface area contributed by atoms with Crippen molar-refractivity contribution in [2.45, 2.75) is 26.2 Å². The smallest absolute Gasteiger partial charge is 0.223 e. The van der Waals surface area contributed by atoms with E-state index in [1.54, 1.807) is 0 Å². The lowest BCUT2D eigenvalue weighted by Gasteiger charge is -2.17. The van der Waals surface area contributed by atoms with Gasteiger partial charge in [-0.05, 0) is 24.9 Å². The molecule has 0 bridgehead atoms. The summed E-state index contributed by atoms with van der Waals surface area (Å²) in [7, 11) is 1.89. The van der Waals surface area contributed by atoms with Gasteiger partial charge in [0.1, 0.15) is 0 Å². The fourth-order valence-electron chi connectivity index (χ4n) is 1.85. The van der Waals surface area contributed by atoms with E-state index in [4.69, 9.17) is 0 Å². The Kier molecular flexibility index (Phi) is 7.11. The molecule has 0 aromatic heterocycles. The third kappa shape index (κ3) is 5.82. The van der Waals surface area contributed by atoms with Crippen molar-refractivity contribution in [2.24, 2.45) is 0 Å². The van der Waals surface area contributed by atoms with Crippen LogP contribution in [0.1, 0.15) is 25.3 Å². The van der Waals surface area contributed by atoms with Gasteiger partial charge in [0.2, 0.25) is 5.91 Å². The number of amides is 1. The van der Waals surface area contributed by atoms with Gasteiger partial charge in [0, 0.05) is 26.6 Å². The predicted molar refractivity (Wildman–Crippen MR) is 75.6 cm³/mol. The average Bonchev–Trinajstić information content (AvgIpc) is 2.40. The van der Waals surface area contributed by atoms with Crippen LogP contribution in [-0.4, -0.2) is 37.5 Å². The molecule has 0 atom stereocenters. The van der Waals surface area contributed by atoms with Crippen molar-refractivity contribution >= 4 is 5.91 Å². The fourth-order valence-corrected chi connectivity index (χ4v) is 1.85. The van der Waals surface area contributed by atoms with Gasteiger partial charge in [0.05, 0.1) is 0 Å². The molecule has 0 saturated carbocycles. The van der Waals surface area contributed by atoms with Gasteiger partial charge < -0.3 is 10.2 Å². The predicted octanol–water partition coefficient (Wildman–Crippen LogP) is 2.08. The summed E-state index contributed by atoms with van der Waals surface area (Å²) >= 11 is 0. The van der Waals surface area contributed by atoms with Crippen LogP contribution in [0.2, 0.25) is 0 Å². The van der Waals surface area contributed by atoms with Crippen LogP contribution in [0.25, 0.3) is 0 Å². The molecular formula is C15H24N2O. The van der Waals surface area contributed by atoms with E-state index in [1.807, 2.05) is 24.9 Å². The molecule has 1 aromatic carbocycles. The third-order valence-corrected chi connectivity index (χ3v) is 2.99. The van der Waals surface area contributed by atoms with Crippen LogP contribution in [0.5, 0.6) is 0 Å². The quantitative estimate of drug-likeness (QED) is 0.714. The summed E-state index contributed by atoms with van der Waals surface area (Å²) in [6, 6.07) is 10.4. The molecule has 1 N–H and O–H groups in total. The number of nitrogens with zero attached hydrogens (tertiary/aromatic N) is 1. The highest BCUT2D eigenvalue weighted by molar-refractivity contribution is 5.76. The molecular weight excluding hydrogens is 224 g/mol. The van der Waals surface area contributed by atoms with E-state index < -0.39 is 0 Å². The molecule has 3 nitrogen and oxygen atoms in total. The van der Waals surface area contributed by atoms with Gasteiger partial charge in [-0.15, -0.1) is 0 Å². The molecule has 1 amide bonds. The van der Waals surface area contributed by atoms with Crippen LogP contribution < -0.4 is 5.32 Å². The Balaban J connectivity index is 2.16. The van der Waals surface area contributed by atoms with E-state index in [2.05, 4.69) is 29.6 Å². The second-order valence-corrected chi connectivity index (χ2v) is 4.51. The van der Waals surface area contributed by atoms with Crippen LogP contribution in [0, 0.1) is 0 Å². The summed E-state index contributed by atoms with van der Waals surface area (Å²) in [5.41, 5.74) is 1.34. The molecule has 0 spiro atoms. The van der Waals surface area contributed by atoms with E-state index in [0.29, 0.717) is 6.42 Å². The largest absolute Gasteiger partial charge is 0.346 e. The number of benzene rings is 1. The van der Waals surface area contributed by atoms with Crippen molar-refractivity contribution in [3.05, 3.63) is 35.9 Å². The first kappa shape index (κ1) is 14.7. The monoisotopic (exact) mass is 248 g/mol. The van der Waals surface area contributed by atoms with Gasteiger partial charge >= 0.3 is 0 Å². The maximum Gasteiger partial charge on any atom is 0.223 e. The summed E-state index contributed by atoms with van der Waals surface area (Å²) in [4.78, 5) is 13.6. The van der Waals surface area contributed by atoms with Crippen molar-refractivity contribution in [3.63, 3.8) is 0 Å². The summed E-state index contributed by atoms with van der Waals surface area (Å²) in [6.45, 7) is 4.58. The summed E-state index contributed by atoms with van der Waals surface area (Å²) in [6.07, 6.45) is 2.65. The van der Waals surface area contributed by atoms with Gasteiger partial charge in [0.25, 0.3) is 0 Å². The Bertz CT molecular complexity index is 338. The highest BCUT2D eigenvalue weighted by Gasteiger charge is 2.07. The normalized spacial score (nSPS) is 10.3. The maximum atomic E-state index is 11.7. The number of hydrogen-bond acceptors (Lipinski definition) is 2. The van der Waals surface area contributed by atoms with Crippen molar-refractivity contribution in [1.82, 2.24) is 10.2 Å². The van der Waals surface area contributed by atoms with Crippen molar-refractivity contribution < 1.29 is 4.79 Å². The van der Waals surface area contributed by atoms with E-state index in [9.17, 15) is 4.79 Å². The van der Waals surface area contributed by atoms with Crippen LogP contribution in [0.4, 0.5) is 0 Å². The molecule has 100 valence electrons. The molecule has 0 aliphatic carbocycles. The first-order valence-electron chi connectivity index (χ1n) is 6.72. The first-order valence-corrected chi connectivity index (χ1v) is 6.72. The third-order valence-electron chi connectivity index (χ3n) is 2.99. The number of carbonyl (C=O) groups is 1. The number of carbonyl (C=O) groups excluding carboxylic acids is 1. The van der Waals surface area contributed by atoms with Crippen LogP contribution in [0.3, 0.4) is 0 Å². The molecule has 0 fully saturated rings. The molecule has 1 aromatic rings. The maximum absolute atomic E-state index is 11.7. The number of hydrogen-bond donors (Lipinski definition) is 1. The molecule has 0 unspecified atom stereocenters. The second kappa shape index (κ2) is 8.70. The average molecular weight is 248 g/mol. The highest BCUT2D eigenvalue weighted by atomic mass is 16.2. The first-order chi connectivity index (χ1) is 8.74. The number of rotatable bonds is 8. The minimum Gasteiger partial charge on any atom is -0.346 e. The SMILES string of the molecule is CCNCCC(=O)N(C)CCCc1ccccc1. The van der Waals surface area contributed by atoms with E-state index in [-0.39, 0.29) is 5.91 Å². The summed E-state index contributed by atoms with van der Waals surface area (Å²) in [5.74, 6) is 0.226. The molecule has 3 heteroatoms. The van der Waals surface area contributed by atoms with Gasteiger partial charge in [-0.25, -0.2) is 0 Å². The minimum absolute atomic E-state index is 0.226. The zero-order valence-corrected chi connectivity index (χ0v) is 11.5. The lowest BCUT2D eigenvalue weighted by atomic mass is 10.1. The van der Waals surface area contributed by atoms with Gasteiger partial charge in [0.15, 0.2) is 0 Å². The van der Waals surface area contributed by atoms with E-state index in [1.165, 1.54) is 5.56 Å².